The van der Waals surface area contributed by atoms with Crippen molar-refractivity contribution in [2.45, 2.75) is 19.9 Å². The van der Waals surface area contributed by atoms with Crippen LogP contribution < -0.4 is 0 Å². The van der Waals surface area contributed by atoms with Gasteiger partial charge in [0.15, 0.2) is 0 Å². The third kappa shape index (κ3) is 2.42. The van der Waals surface area contributed by atoms with Crippen molar-refractivity contribution in [2.24, 2.45) is 5.92 Å². The summed E-state index contributed by atoms with van der Waals surface area (Å²) in [5, 5.41) is 8.93. The molecule has 3 heteroatoms. The molecular formula is C13H17NO2. The zero-order valence-electron chi connectivity index (χ0n) is 9.52. The number of carbonyl (C=O) groups is 1. The summed E-state index contributed by atoms with van der Waals surface area (Å²) in [6.45, 7) is 4.55. The third-order valence-corrected chi connectivity index (χ3v) is 3.28. The Kier molecular flexibility index (Phi) is 3.25. The summed E-state index contributed by atoms with van der Waals surface area (Å²) in [7, 11) is 0. The van der Waals surface area contributed by atoms with Crippen LogP contribution in [0.25, 0.3) is 0 Å². The molecule has 0 bridgehead atoms. The van der Waals surface area contributed by atoms with Gasteiger partial charge in [0, 0.05) is 13.1 Å². The van der Waals surface area contributed by atoms with Crippen molar-refractivity contribution in [3.63, 3.8) is 0 Å². The van der Waals surface area contributed by atoms with Crippen molar-refractivity contribution in [2.75, 3.05) is 13.1 Å². The summed E-state index contributed by atoms with van der Waals surface area (Å²) in [5.74, 6) is -0.837. The normalized spacial score (nSPS) is 21.2. The first-order valence-corrected chi connectivity index (χ1v) is 5.66. The molecule has 86 valence electrons. The number of likely N-dealkylation sites (tertiary alicyclic amines) is 1. The van der Waals surface area contributed by atoms with Crippen LogP contribution in [0.4, 0.5) is 0 Å². The molecule has 1 aromatic carbocycles. The van der Waals surface area contributed by atoms with Gasteiger partial charge in [-0.15, -0.1) is 0 Å². The maximum Gasteiger partial charge on any atom is 0.307 e. The van der Waals surface area contributed by atoms with Crippen LogP contribution in [0.15, 0.2) is 24.3 Å². The highest BCUT2D eigenvalue weighted by Gasteiger charge is 2.27. The van der Waals surface area contributed by atoms with Crippen LogP contribution in [0.3, 0.4) is 0 Å². The topological polar surface area (TPSA) is 40.5 Å². The summed E-state index contributed by atoms with van der Waals surface area (Å²) in [5.41, 5.74) is 2.58. The molecule has 3 nitrogen and oxygen atoms in total. The first-order chi connectivity index (χ1) is 7.66. The highest BCUT2D eigenvalue weighted by Crippen LogP contribution is 2.19. The summed E-state index contributed by atoms with van der Waals surface area (Å²) < 4.78 is 0. The van der Waals surface area contributed by atoms with Crippen LogP contribution >= 0.6 is 0 Å². The number of aryl methyl sites for hydroxylation is 1. The van der Waals surface area contributed by atoms with E-state index in [1.165, 1.54) is 11.1 Å². The summed E-state index contributed by atoms with van der Waals surface area (Å²) in [6.07, 6.45) is 0.779. The van der Waals surface area contributed by atoms with Gasteiger partial charge >= 0.3 is 5.97 Å². The van der Waals surface area contributed by atoms with Crippen molar-refractivity contribution in [3.05, 3.63) is 35.4 Å². The fourth-order valence-corrected chi connectivity index (χ4v) is 2.21. The average Bonchev–Trinajstić information content (AvgIpc) is 2.70. The van der Waals surface area contributed by atoms with Gasteiger partial charge in [-0.25, -0.2) is 0 Å². The minimum absolute atomic E-state index is 0.177. The highest BCUT2D eigenvalue weighted by molar-refractivity contribution is 5.70. The minimum atomic E-state index is -0.660. The number of carboxylic acids is 1. The van der Waals surface area contributed by atoms with Crippen LogP contribution in [0.2, 0.25) is 0 Å². The monoisotopic (exact) mass is 219 g/mol. The Morgan fingerprint density at radius 1 is 1.50 bits per heavy atom. The first-order valence-electron chi connectivity index (χ1n) is 5.66. The predicted octanol–water partition coefficient (Wildman–Crippen LogP) is 1.90. The molecule has 1 fully saturated rings. The summed E-state index contributed by atoms with van der Waals surface area (Å²) in [4.78, 5) is 13.1. The lowest BCUT2D eigenvalue weighted by Crippen LogP contribution is -2.23. The Morgan fingerprint density at radius 3 is 2.88 bits per heavy atom. The molecule has 0 aliphatic carbocycles. The number of hydrogen-bond acceptors (Lipinski definition) is 2. The zero-order chi connectivity index (χ0) is 11.5. The fraction of sp³-hybridized carbons (Fsp3) is 0.462. The Labute approximate surface area is 95.7 Å². The van der Waals surface area contributed by atoms with E-state index in [-0.39, 0.29) is 5.92 Å². The Morgan fingerprint density at radius 2 is 2.25 bits per heavy atom. The lowest BCUT2D eigenvalue weighted by atomic mass is 10.1. The molecule has 1 atom stereocenters. The standard InChI is InChI=1S/C13H17NO2/c1-10-4-2-3-5-11(10)8-14-7-6-12(9-14)13(15)16/h2-5,12H,6-9H2,1H3,(H,15,16)/t12-/m0/s1. The van der Waals surface area contributed by atoms with E-state index in [0.29, 0.717) is 6.54 Å². The quantitative estimate of drug-likeness (QED) is 0.844. The van der Waals surface area contributed by atoms with Crippen molar-refractivity contribution >= 4 is 5.97 Å². The Hall–Kier alpha value is -1.35. The van der Waals surface area contributed by atoms with E-state index in [1.807, 2.05) is 12.1 Å². The summed E-state index contributed by atoms with van der Waals surface area (Å²) >= 11 is 0. The molecule has 16 heavy (non-hydrogen) atoms. The van der Waals surface area contributed by atoms with Crippen LogP contribution in [0.1, 0.15) is 17.5 Å². The number of carboxylic acid groups (broad SMARTS) is 1. The van der Waals surface area contributed by atoms with E-state index >= 15 is 0 Å². The fourth-order valence-electron chi connectivity index (χ4n) is 2.21. The number of hydrogen-bond donors (Lipinski definition) is 1. The van der Waals surface area contributed by atoms with Gasteiger partial charge in [-0.1, -0.05) is 24.3 Å². The van der Waals surface area contributed by atoms with Crippen LogP contribution in [-0.4, -0.2) is 29.1 Å². The maximum absolute atomic E-state index is 10.8. The van der Waals surface area contributed by atoms with Gasteiger partial charge < -0.3 is 5.11 Å². The maximum atomic E-state index is 10.8. The molecule has 0 saturated carbocycles. The molecule has 0 amide bonds. The second-order valence-corrected chi connectivity index (χ2v) is 4.49. The first kappa shape index (κ1) is 11.1. The van der Waals surface area contributed by atoms with E-state index < -0.39 is 5.97 Å². The molecule has 2 rings (SSSR count). The van der Waals surface area contributed by atoms with E-state index in [1.54, 1.807) is 0 Å². The molecule has 0 aromatic heterocycles. The van der Waals surface area contributed by atoms with E-state index in [9.17, 15) is 4.79 Å². The smallest absolute Gasteiger partial charge is 0.307 e. The van der Waals surface area contributed by atoms with E-state index in [2.05, 4.69) is 24.0 Å². The van der Waals surface area contributed by atoms with Gasteiger partial charge in [0.1, 0.15) is 0 Å². The summed E-state index contributed by atoms with van der Waals surface area (Å²) in [6, 6.07) is 8.28. The Bertz CT molecular complexity index is 389. The SMILES string of the molecule is Cc1ccccc1CN1CC[C@H](C(=O)O)C1. The van der Waals surface area contributed by atoms with Crippen molar-refractivity contribution < 1.29 is 9.90 Å². The van der Waals surface area contributed by atoms with E-state index in [4.69, 9.17) is 5.11 Å². The Balaban J connectivity index is 1.97. The number of benzene rings is 1. The van der Waals surface area contributed by atoms with Crippen LogP contribution in [0.5, 0.6) is 0 Å². The van der Waals surface area contributed by atoms with Gasteiger partial charge in [0.2, 0.25) is 0 Å². The molecule has 1 saturated heterocycles. The predicted molar refractivity (Wildman–Crippen MR) is 62.2 cm³/mol. The van der Waals surface area contributed by atoms with Gasteiger partial charge in [0.05, 0.1) is 5.92 Å². The van der Waals surface area contributed by atoms with Gasteiger partial charge in [-0.05, 0) is 31.0 Å². The molecule has 0 unspecified atom stereocenters. The largest absolute Gasteiger partial charge is 0.481 e. The highest BCUT2D eigenvalue weighted by atomic mass is 16.4. The molecular weight excluding hydrogens is 202 g/mol. The molecule has 1 aliphatic heterocycles. The average molecular weight is 219 g/mol. The molecule has 0 spiro atoms. The molecule has 0 radical (unpaired) electrons. The minimum Gasteiger partial charge on any atom is -0.481 e. The molecule has 1 aromatic rings. The second-order valence-electron chi connectivity index (χ2n) is 4.49. The molecule has 1 N–H and O–H groups in total. The second kappa shape index (κ2) is 4.66. The number of nitrogens with zero attached hydrogens (tertiary/aromatic N) is 1. The number of rotatable bonds is 3. The van der Waals surface area contributed by atoms with Gasteiger partial charge in [0.25, 0.3) is 0 Å². The van der Waals surface area contributed by atoms with Crippen molar-refractivity contribution in [3.8, 4) is 0 Å². The number of aliphatic carboxylic acids is 1. The van der Waals surface area contributed by atoms with Gasteiger partial charge in [-0.2, -0.15) is 0 Å². The van der Waals surface area contributed by atoms with Crippen molar-refractivity contribution in [1.29, 1.82) is 0 Å². The van der Waals surface area contributed by atoms with Crippen LogP contribution in [-0.2, 0) is 11.3 Å². The lowest BCUT2D eigenvalue weighted by Gasteiger charge is -2.16. The lowest BCUT2D eigenvalue weighted by molar-refractivity contribution is -0.141. The van der Waals surface area contributed by atoms with Crippen molar-refractivity contribution in [1.82, 2.24) is 4.90 Å². The third-order valence-electron chi connectivity index (χ3n) is 3.28. The van der Waals surface area contributed by atoms with E-state index in [0.717, 1.165) is 19.5 Å². The molecule has 1 aliphatic rings. The van der Waals surface area contributed by atoms with Gasteiger partial charge in [-0.3, -0.25) is 9.69 Å². The van der Waals surface area contributed by atoms with Crippen LogP contribution in [0, 0.1) is 12.8 Å². The zero-order valence-corrected chi connectivity index (χ0v) is 9.52. The molecule has 1 heterocycles.